The van der Waals surface area contributed by atoms with Crippen molar-refractivity contribution < 1.29 is 22.6 Å². The van der Waals surface area contributed by atoms with Crippen molar-refractivity contribution in [1.29, 1.82) is 0 Å². The van der Waals surface area contributed by atoms with Gasteiger partial charge in [0.05, 0.1) is 17.6 Å². The summed E-state index contributed by atoms with van der Waals surface area (Å²) in [6.45, 7) is 3.89. The van der Waals surface area contributed by atoms with E-state index in [4.69, 9.17) is 14.2 Å². The van der Waals surface area contributed by atoms with Crippen molar-refractivity contribution in [3.05, 3.63) is 53.6 Å². The number of morpholine rings is 1. The van der Waals surface area contributed by atoms with Gasteiger partial charge in [0.25, 0.3) is 0 Å². The van der Waals surface area contributed by atoms with Crippen molar-refractivity contribution in [2.45, 2.75) is 17.9 Å². The quantitative estimate of drug-likeness (QED) is 0.825. The second-order valence-electron chi connectivity index (χ2n) is 6.38. The van der Waals surface area contributed by atoms with E-state index < -0.39 is 10.0 Å². The van der Waals surface area contributed by atoms with E-state index in [1.54, 1.807) is 18.2 Å². The van der Waals surface area contributed by atoms with Crippen LogP contribution in [0.2, 0.25) is 0 Å². The smallest absolute Gasteiger partial charge is 0.243 e. The third-order valence-electron chi connectivity index (χ3n) is 4.72. The summed E-state index contributed by atoms with van der Waals surface area (Å²) >= 11 is 0. The van der Waals surface area contributed by atoms with E-state index in [1.807, 2.05) is 31.2 Å². The van der Waals surface area contributed by atoms with Crippen LogP contribution in [0.15, 0.2) is 47.4 Å². The number of benzene rings is 2. The van der Waals surface area contributed by atoms with E-state index in [0.29, 0.717) is 44.4 Å². The Labute approximate surface area is 153 Å². The second-order valence-corrected chi connectivity index (χ2v) is 8.32. The molecule has 26 heavy (non-hydrogen) atoms. The lowest BCUT2D eigenvalue weighted by atomic mass is 10.0. The summed E-state index contributed by atoms with van der Waals surface area (Å²) in [5, 5.41) is 0. The minimum Gasteiger partial charge on any atom is -0.486 e. The first kappa shape index (κ1) is 17.3. The summed E-state index contributed by atoms with van der Waals surface area (Å²) in [5.41, 5.74) is 2.12. The molecule has 138 valence electrons. The Hall–Kier alpha value is -2.09. The molecular weight excluding hydrogens is 354 g/mol. The van der Waals surface area contributed by atoms with E-state index in [2.05, 4.69) is 0 Å². The minimum atomic E-state index is -3.63. The number of ether oxygens (including phenoxy) is 3. The Kier molecular flexibility index (Phi) is 4.60. The number of hydrogen-bond donors (Lipinski definition) is 0. The molecule has 0 aromatic heterocycles. The van der Waals surface area contributed by atoms with Gasteiger partial charge in [-0.25, -0.2) is 8.42 Å². The molecule has 1 fully saturated rings. The fourth-order valence-electron chi connectivity index (χ4n) is 3.31. The van der Waals surface area contributed by atoms with E-state index >= 15 is 0 Å². The number of hydrogen-bond acceptors (Lipinski definition) is 5. The van der Waals surface area contributed by atoms with Gasteiger partial charge in [0.2, 0.25) is 10.0 Å². The molecule has 0 saturated carbocycles. The molecule has 0 radical (unpaired) electrons. The predicted octanol–water partition coefficient (Wildman–Crippen LogP) is 2.53. The Bertz CT molecular complexity index is 912. The molecule has 2 aromatic carbocycles. The van der Waals surface area contributed by atoms with Gasteiger partial charge >= 0.3 is 0 Å². The highest BCUT2D eigenvalue weighted by Gasteiger charge is 2.32. The molecule has 1 saturated heterocycles. The maximum Gasteiger partial charge on any atom is 0.243 e. The van der Waals surface area contributed by atoms with Gasteiger partial charge in [-0.3, -0.25) is 0 Å². The summed E-state index contributed by atoms with van der Waals surface area (Å²) in [6.07, 6.45) is -0.267. The highest BCUT2D eigenvalue weighted by Crippen LogP contribution is 2.34. The molecule has 1 atom stereocenters. The summed E-state index contributed by atoms with van der Waals surface area (Å²) in [7, 11) is -3.63. The number of nitrogens with zero attached hydrogens (tertiary/aromatic N) is 1. The van der Waals surface area contributed by atoms with Crippen molar-refractivity contribution in [3.63, 3.8) is 0 Å². The lowest BCUT2D eigenvalue weighted by Crippen LogP contribution is -2.42. The lowest BCUT2D eigenvalue weighted by Gasteiger charge is -2.33. The molecule has 2 aliphatic rings. The molecule has 0 aliphatic carbocycles. The SMILES string of the molecule is Cc1ccccc1C1CN(S(=O)(=O)c2ccc3c(c2)OCCO3)CCO1. The topological polar surface area (TPSA) is 65.1 Å². The Balaban J connectivity index is 1.60. The first-order valence-corrected chi connectivity index (χ1v) is 10.1. The molecule has 2 aliphatic heterocycles. The maximum absolute atomic E-state index is 13.1. The number of sulfonamides is 1. The van der Waals surface area contributed by atoms with Crippen molar-refractivity contribution in [2.75, 3.05) is 32.9 Å². The summed E-state index contributed by atoms with van der Waals surface area (Å²) < 4.78 is 44.5. The van der Waals surface area contributed by atoms with Crippen LogP contribution in [0.3, 0.4) is 0 Å². The Morgan fingerprint density at radius 2 is 1.77 bits per heavy atom. The second kappa shape index (κ2) is 6.90. The van der Waals surface area contributed by atoms with Gasteiger partial charge in [0.15, 0.2) is 11.5 Å². The number of fused-ring (bicyclic) bond motifs is 1. The van der Waals surface area contributed by atoms with Gasteiger partial charge in [-0.05, 0) is 30.2 Å². The standard InChI is InChI=1S/C19H21NO5S/c1-14-4-2-3-5-16(14)19-13-20(8-9-23-19)26(21,22)15-6-7-17-18(12-15)25-11-10-24-17/h2-7,12,19H,8-11,13H2,1H3. The van der Waals surface area contributed by atoms with Gasteiger partial charge in [-0.1, -0.05) is 24.3 Å². The van der Waals surface area contributed by atoms with Crippen LogP contribution in [0.1, 0.15) is 17.2 Å². The normalized spacial score (nSPS) is 20.7. The average molecular weight is 375 g/mol. The molecule has 2 heterocycles. The molecular formula is C19H21NO5S. The Morgan fingerprint density at radius 1 is 1.00 bits per heavy atom. The van der Waals surface area contributed by atoms with Gasteiger partial charge in [0.1, 0.15) is 13.2 Å². The van der Waals surface area contributed by atoms with Gasteiger partial charge in [-0.15, -0.1) is 0 Å². The van der Waals surface area contributed by atoms with Crippen molar-refractivity contribution in [1.82, 2.24) is 4.31 Å². The zero-order valence-corrected chi connectivity index (χ0v) is 15.4. The molecule has 4 rings (SSSR count). The van der Waals surface area contributed by atoms with Crippen LogP contribution >= 0.6 is 0 Å². The maximum atomic E-state index is 13.1. The third kappa shape index (κ3) is 3.18. The first-order chi connectivity index (χ1) is 12.6. The van der Waals surface area contributed by atoms with Crippen molar-refractivity contribution >= 4 is 10.0 Å². The van der Waals surface area contributed by atoms with E-state index in [1.165, 1.54) is 4.31 Å². The highest BCUT2D eigenvalue weighted by atomic mass is 32.2. The minimum absolute atomic E-state index is 0.215. The molecule has 0 N–H and O–H groups in total. The predicted molar refractivity (Wildman–Crippen MR) is 96.1 cm³/mol. The zero-order valence-electron chi connectivity index (χ0n) is 14.6. The molecule has 7 heteroatoms. The van der Waals surface area contributed by atoms with Gasteiger partial charge in [0, 0.05) is 19.2 Å². The van der Waals surface area contributed by atoms with Crippen LogP contribution < -0.4 is 9.47 Å². The van der Waals surface area contributed by atoms with Crippen molar-refractivity contribution in [2.24, 2.45) is 0 Å². The third-order valence-corrected chi connectivity index (χ3v) is 6.58. The summed E-state index contributed by atoms with van der Waals surface area (Å²) in [4.78, 5) is 0.215. The highest BCUT2D eigenvalue weighted by molar-refractivity contribution is 7.89. The van der Waals surface area contributed by atoms with Crippen LogP contribution in [0.4, 0.5) is 0 Å². The van der Waals surface area contributed by atoms with Gasteiger partial charge in [-0.2, -0.15) is 4.31 Å². The van der Waals surface area contributed by atoms with Crippen LogP contribution in [-0.4, -0.2) is 45.6 Å². The van der Waals surface area contributed by atoms with Crippen LogP contribution in [-0.2, 0) is 14.8 Å². The molecule has 1 unspecified atom stereocenters. The lowest BCUT2D eigenvalue weighted by molar-refractivity contribution is -0.00289. The van der Waals surface area contributed by atoms with Crippen LogP contribution in [0.5, 0.6) is 11.5 Å². The molecule has 0 spiro atoms. The van der Waals surface area contributed by atoms with Crippen LogP contribution in [0, 0.1) is 6.92 Å². The fraction of sp³-hybridized carbons (Fsp3) is 0.368. The summed E-state index contributed by atoms with van der Waals surface area (Å²) in [6, 6.07) is 12.7. The number of aryl methyl sites for hydroxylation is 1. The zero-order chi connectivity index (χ0) is 18.1. The Morgan fingerprint density at radius 3 is 2.58 bits per heavy atom. The number of rotatable bonds is 3. The molecule has 6 nitrogen and oxygen atoms in total. The summed E-state index contributed by atoms with van der Waals surface area (Å²) in [5.74, 6) is 1.05. The monoisotopic (exact) mass is 375 g/mol. The first-order valence-electron chi connectivity index (χ1n) is 8.62. The van der Waals surface area contributed by atoms with Crippen molar-refractivity contribution in [3.8, 4) is 11.5 Å². The molecule has 2 aromatic rings. The van der Waals surface area contributed by atoms with Crippen LogP contribution in [0.25, 0.3) is 0 Å². The van der Waals surface area contributed by atoms with E-state index in [-0.39, 0.29) is 11.0 Å². The van der Waals surface area contributed by atoms with E-state index in [0.717, 1.165) is 11.1 Å². The average Bonchev–Trinajstić information content (AvgIpc) is 2.68. The fourth-order valence-corrected chi connectivity index (χ4v) is 4.75. The van der Waals surface area contributed by atoms with E-state index in [9.17, 15) is 8.42 Å². The largest absolute Gasteiger partial charge is 0.486 e. The molecule has 0 bridgehead atoms. The van der Waals surface area contributed by atoms with Gasteiger partial charge < -0.3 is 14.2 Å². The molecule has 0 amide bonds.